The van der Waals surface area contributed by atoms with Gasteiger partial charge in [0, 0.05) is 23.1 Å². The van der Waals surface area contributed by atoms with Crippen molar-refractivity contribution in [3.05, 3.63) is 89.6 Å². The molecular weight excluding hydrogens is 360 g/mol. The molecule has 1 atom stereocenters. The molecule has 4 aromatic rings. The smallest absolute Gasteiger partial charge is 0.127 e. The number of fused-ring (bicyclic) bond motifs is 3. The summed E-state index contributed by atoms with van der Waals surface area (Å²) in [5.74, 6) is 2.61. The van der Waals surface area contributed by atoms with Crippen molar-refractivity contribution in [2.24, 2.45) is 0 Å². The van der Waals surface area contributed by atoms with Crippen LogP contribution in [-0.4, -0.2) is 18.1 Å². The quantitative estimate of drug-likeness (QED) is 0.471. The molecule has 1 aliphatic heterocycles. The zero-order valence-electron chi connectivity index (χ0n) is 16.4. The maximum atomic E-state index is 6.04. The summed E-state index contributed by atoms with van der Waals surface area (Å²) in [6.07, 6.45) is 1.00. The number of hydrogen-bond donors (Lipinski definition) is 2. The summed E-state index contributed by atoms with van der Waals surface area (Å²) in [5.41, 5.74) is 4.95. The standard InChI is InChI=1S/C25H24N2O2/c1-2-28-19-11-12-23-22(16-19)21-13-14-26-24(25(21)27-23)17-7-6-10-20(15-17)29-18-8-4-3-5-9-18/h3-12,15-16,24,26-27H,2,13-14H2,1H3. The fourth-order valence-electron chi connectivity index (χ4n) is 4.13. The van der Waals surface area contributed by atoms with Gasteiger partial charge in [-0.05, 0) is 66.9 Å². The van der Waals surface area contributed by atoms with Crippen LogP contribution in [0.25, 0.3) is 10.9 Å². The van der Waals surface area contributed by atoms with E-state index >= 15 is 0 Å². The Morgan fingerprint density at radius 1 is 0.897 bits per heavy atom. The summed E-state index contributed by atoms with van der Waals surface area (Å²) < 4.78 is 11.8. The number of para-hydroxylation sites is 1. The second-order valence-electron chi connectivity index (χ2n) is 7.28. The summed E-state index contributed by atoms with van der Waals surface area (Å²) in [4.78, 5) is 3.64. The van der Waals surface area contributed by atoms with E-state index in [1.165, 1.54) is 22.2 Å². The van der Waals surface area contributed by atoms with Crippen LogP contribution in [0.1, 0.15) is 29.8 Å². The summed E-state index contributed by atoms with van der Waals surface area (Å²) in [5, 5.41) is 4.92. The van der Waals surface area contributed by atoms with Gasteiger partial charge in [0.05, 0.1) is 12.6 Å². The Morgan fingerprint density at radius 3 is 2.62 bits per heavy atom. The molecule has 0 bridgehead atoms. The lowest BCUT2D eigenvalue weighted by Crippen LogP contribution is -2.30. The van der Waals surface area contributed by atoms with Crippen LogP contribution in [0, 0.1) is 0 Å². The number of benzene rings is 3. The lowest BCUT2D eigenvalue weighted by atomic mass is 9.94. The van der Waals surface area contributed by atoms with E-state index in [-0.39, 0.29) is 6.04 Å². The predicted molar refractivity (Wildman–Crippen MR) is 116 cm³/mol. The molecule has 2 heterocycles. The van der Waals surface area contributed by atoms with Gasteiger partial charge in [0.25, 0.3) is 0 Å². The van der Waals surface area contributed by atoms with Crippen molar-refractivity contribution >= 4 is 10.9 Å². The van der Waals surface area contributed by atoms with Crippen molar-refractivity contribution in [1.82, 2.24) is 10.3 Å². The molecule has 1 aromatic heterocycles. The van der Waals surface area contributed by atoms with Gasteiger partial charge in [0.1, 0.15) is 17.2 Å². The van der Waals surface area contributed by atoms with E-state index in [4.69, 9.17) is 9.47 Å². The number of rotatable bonds is 5. The van der Waals surface area contributed by atoms with Crippen molar-refractivity contribution in [2.75, 3.05) is 13.2 Å². The van der Waals surface area contributed by atoms with Crippen LogP contribution in [0.5, 0.6) is 17.2 Å². The van der Waals surface area contributed by atoms with Crippen molar-refractivity contribution in [2.45, 2.75) is 19.4 Å². The van der Waals surface area contributed by atoms with Crippen LogP contribution in [0.4, 0.5) is 0 Å². The van der Waals surface area contributed by atoms with Gasteiger partial charge in [0.15, 0.2) is 0 Å². The van der Waals surface area contributed by atoms with Gasteiger partial charge in [-0.3, -0.25) is 0 Å². The molecule has 0 aliphatic carbocycles. The van der Waals surface area contributed by atoms with Crippen LogP contribution in [0.15, 0.2) is 72.8 Å². The Bertz CT molecular complexity index is 1130. The number of ether oxygens (including phenoxy) is 2. The highest BCUT2D eigenvalue weighted by molar-refractivity contribution is 5.86. The van der Waals surface area contributed by atoms with Crippen LogP contribution >= 0.6 is 0 Å². The molecule has 4 heteroatoms. The summed E-state index contributed by atoms with van der Waals surface area (Å²) in [6, 6.07) is 24.6. The SMILES string of the molecule is CCOc1ccc2[nH]c3c(c2c1)CCNC3c1cccc(Oc2ccccc2)c1. The Kier molecular flexibility index (Phi) is 4.70. The van der Waals surface area contributed by atoms with E-state index in [0.717, 1.165) is 35.7 Å². The van der Waals surface area contributed by atoms with Crippen molar-refractivity contribution < 1.29 is 9.47 Å². The first-order valence-electron chi connectivity index (χ1n) is 10.2. The molecule has 0 spiro atoms. The maximum Gasteiger partial charge on any atom is 0.127 e. The molecule has 5 rings (SSSR count). The van der Waals surface area contributed by atoms with Gasteiger partial charge >= 0.3 is 0 Å². The Balaban J connectivity index is 1.50. The van der Waals surface area contributed by atoms with Crippen molar-refractivity contribution in [3.63, 3.8) is 0 Å². The molecule has 0 fully saturated rings. The molecule has 0 radical (unpaired) electrons. The lowest BCUT2D eigenvalue weighted by molar-refractivity contribution is 0.340. The van der Waals surface area contributed by atoms with E-state index in [2.05, 4.69) is 40.6 Å². The molecule has 29 heavy (non-hydrogen) atoms. The topological polar surface area (TPSA) is 46.3 Å². The first-order valence-corrected chi connectivity index (χ1v) is 10.2. The maximum absolute atomic E-state index is 6.04. The number of aromatic amines is 1. The molecule has 0 saturated heterocycles. The second-order valence-corrected chi connectivity index (χ2v) is 7.28. The predicted octanol–water partition coefficient (Wildman–Crippen LogP) is 5.59. The second kappa shape index (κ2) is 7.64. The van der Waals surface area contributed by atoms with Crippen molar-refractivity contribution in [1.29, 1.82) is 0 Å². The molecule has 146 valence electrons. The Hall–Kier alpha value is -3.24. The molecule has 2 N–H and O–H groups in total. The van der Waals surface area contributed by atoms with Gasteiger partial charge in [-0.25, -0.2) is 0 Å². The normalized spacial score (nSPS) is 15.8. The van der Waals surface area contributed by atoms with Crippen LogP contribution in [0.3, 0.4) is 0 Å². The van der Waals surface area contributed by atoms with E-state index < -0.39 is 0 Å². The number of hydrogen-bond acceptors (Lipinski definition) is 3. The number of aromatic nitrogens is 1. The van der Waals surface area contributed by atoms with E-state index in [0.29, 0.717) is 6.61 Å². The minimum Gasteiger partial charge on any atom is -0.494 e. The third-order valence-electron chi connectivity index (χ3n) is 5.40. The highest BCUT2D eigenvalue weighted by atomic mass is 16.5. The van der Waals surface area contributed by atoms with Crippen molar-refractivity contribution in [3.8, 4) is 17.2 Å². The largest absolute Gasteiger partial charge is 0.494 e. The zero-order valence-corrected chi connectivity index (χ0v) is 16.4. The van der Waals surface area contributed by atoms with Crippen LogP contribution in [-0.2, 0) is 6.42 Å². The average molecular weight is 384 g/mol. The first kappa shape index (κ1) is 17.8. The Morgan fingerprint density at radius 2 is 1.76 bits per heavy atom. The van der Waals surface area contributed by atoms with Gasteiger partial charge in [-0.15, -0.1) is 0 Å². The lowest BCUT2D eigenvalue weighted by Gasteiger charge is -2.25. The summed E-state index contributed by atoms with van der Waals surface area (Å²) >= 11 is 0. The fraction of sp³-hybridized carbons (Fsp3) is 0.200. The molecule has 0 saturated carbocycles. The third kappa shape index (κ3) is 3.47. The molecular formula is C25H24N2O2. The van der Waals surface area contributed by atoms with E-state index in [1.54, 1.807) is 0 Å². The zero-order chi connectivity index (χ0) is 19.6. The van der Waals surface area contributed by atoms with Crippen LogP contribution < -0.4 is 14.8 Å². The van der Waals surface area contributed by atoms with Gasteiger partial charge in [0.2, 0.25) is 0 Å². The molecule has 1 unspecified atom stereocenters. The summed E-state index contributed by atoms with van der Waals surface area (Å²) in [6.45, 7) is 3.63. The molecule has 0 amide bonds. The van der Waals surface area contributed by atoms with E-state index in [1.807, 2.05) is 49.4 Å². The van der Waals surface area contributed by atoms with Gasteiger partial charge in [-0.2, -0.15) is 0 Å². The molecule has 1 aliphatic rings. The number of nitrogens with one attached hydrogen (secondary N) is 2. The third-order valence-corrected chi connectivity index (χ3v) is 5.40. The summed E-state index contributed by atoms with van der Waals surface area (Å²) in [7, 11) is 0. The van der Waals surface area contributed by atoms with Gasteiger partial charge in [-0.1, -0.05) is 30.3 Å². The minimum absolute atomic E-state index is 0.112. The minimum atomic E-state index is 0.112. The monoisotopic (exact) mass is 384 g/mol. The number of H-pyrrole nitrogens is 1. The highest BCUT2D eigenvalue weighted by Crippen LogP contribution is 2.36. The van der Waals surface area contributed by atoms with Crippen LogP contribution in [0.2, 0.25) is 0 Å². The average Bonchev–Trinajstić information content (AvgIpc) is 3.13. The highest BCUT2D eigenvalue weighted by Gasteiger charge is 2.25. The molecule has 3 aromatic carbocycles. The first-order chi connectivity index (χ1) is 14.3. The Labute approximate surface area is 170 Å². The van der Waals surface area contributed by atoms with E-state index in [9.17, 15) is 0 Å². The fourth-order valence-corrected chi connectivity index (χ4v) is 4.13. The molecule has 4 nitrogen and oxygen atoms in total. The van der Waals surface area contributed by atoms with Gasteiger partial charge < -0.3 is 19.8 Å².